The zero-order valence-corrected chi connectivity index (χ0v) is 13.4. The van der Waals surface area contributed by atoms with E-state index in [-0.39, 0.29) is 11.1 Å². The van der Waals surface area contributed by atoms with Crippen molar-refractivity contribution in [3.05, 3.63) is 70.8 Å². The maximum Gasteiger partial charge on any atom is 0.416 e. The third-order valence-electron chi connectivity index (χ3n) is 3.67. The van der Waals surface area contributed by atoms with Gasteiger partial charge in [-0.1, -0.05) is 18.2 Å². The van der Waals surface area contributed by atoms with Crippen LogP contribution in [0.1, 0.15) is 27.0 Å². The van der Waals surface area contributed by atoms with E-state index in [1.807, 2.05) is 6.07 Å². The molecule has 0 fully saturated rings. The summed E-state index contributed by atoms with van der Waals surface area (Å²) >= 11 is 0. The van der Waals surface area contributed by atoms with Crippen LogP contribution < -0.4 is 11.1 Å². The topological polar surface area (TPSA) is 96.0 Å². The summed E-state index contributed by atoms with van der Waals surface area (Å²) in [6, 6.07) is 10.9. The molecule has 8 heteroatoms. The number of nitrogens with one attached hydrogen (secondary N) is 1. The summed E-state index contributed by atoms with van der Waals surface area (Å²) in [6.45, 7) is 0. The number of hydrogen-bond acceptors (Lipinski definition) is 3. The van der Waals surface area contributed by atoms with Crippen LogP contribution in [0.4, 0.5) is 13.2 Å². The lowest BCUT2D eigenvalue weighted by atomic mass is 9.99. The Morgan fingerprint density at radius 2 is 1.73 bits per heavy atom. The summed E-state index contributed by atoms with van der Waals surface area (Å²) in [5, 5.41) is 11.1. The van der Waals surface area contributed by atoms with Crippen molar-refractivity contribution in [1.82, 2.24) is 5.32 Å². The molecule has 26 heavy (non-hydrogen) atoms. The van der Waals surface area contributed by atoms with Gasteiger partial charge in [0.25, 0.3) is 5.91 Å². The van der Waals surface area contributed by atoms with E-state index in [1.54, 1.807) is 0 Å². The van der Waals surface area contributed by atoms with Crippen molar-refractivity contribution >= 4 is 11.8 Å². The molecule has 2 rings (SSSR count). The highest BCUT2D eigenvalue weighted by atomic mass is 19.4. The molecule has 0 aliphatic heterocycles. The van der Waals surface area contributed by atoms with Gasteiger partial charge in [0.2, 0.25) is 5.91 Å². The Labute approximate surface area is 147 Å². The average Bonchev–Trinajstić information content (AvgIpc) is 2.60. The Kier molecular flexibility index (Phi) is 5.62. The summed E-state index contributed by atoms with van der Waals surface area (Å²) in [6.07, 6.45) is -4.98. The minimum Gasteiger partial charge on any atom is -0.368 e. The summed E-state index contributed by atoms with van der Waals surface area (Å²) in [4.78, 5) is 23.8. The number of carbonyl (C=O) groups is 2. The quantitative estimate of drug-likeness (QED) is 0.856. The molecule has 0 heterocycles. The largest absolute Gasteiger partial charge is 0.416 e. The Morgan fingerprint density at radius 1 is 1.12 bits per heavy atom. The molecule has 0 saturated heterocycles. The third kappa shape index (κ3) is 4.60. The second-order valence-corrected chi connectivity index (χ2v) is 5.48. The molecule has 0 aromatic heterocycles. The molecular weight excluding hydrogens is 347 g/mol. The van der Waals surface area contributed by atoms with Crippen LogP contribution in [0, 0.1) is 11.3 Å². The molecule has 2 aromatic carbocycles. The normalized spacial score (nSPS) is 12.1. The van der Waals surface area contributed by atoms with Gasteiger partial charge in [0, 0.05) is 12.0 Å². The van der Waals surface area contributed by atoms with Crippen LogP contribution in [-0.2, 0) is 17.4 Å². The second kappa shape index (κ2) is 7.70. The van der Waals surface area contributed by atoms with Crippen molar-refractivity contribution < 1.29 is 22.8 Å². The standard InChI is InChI=1S/C18H14F3N3O2/c19-18(20,21)14-4-2-1-3-13(14)9-15(16(23)25)24-17(26)12-7-5-11(10-22)6-8-12/h1-8,15H,9H2,(H2,23,25)(H,24,26)/t15-/m0/s1. The zero-order chi connectivity index (χ0) is 19.3. The van der Waals surface area contributed by atoms with Crippen LogP contribution in [0.5, 0.6) is 0 Å². The van der Waals surface area contributed by atoms with Gasteiger partial charge in [-0.15, -0.1) is 0 Å². The fraction of sp³-hybridized carbons (Fsp3) is 0.167. The van der Waals surface area contributed by atoms with E-state index in [1.165, 1.54) is 42.5 Å². The van der Waals surface area contributed by atoms with E-state index < -0.39 is 36.0 Å². The van der Waals surface area contributed by atoms with E-state index >= 15 is 0 Å². The van der Waals surface area contributed by atoms with E-state index in [4.69, 9.17) is 11.0 Å². The molecule has 134 valence electrons. The number of nitriles is 1. The molecule has 3 N–H and O–H groups in total. The highest BCUT2D eigenvalue weighted by Crippen LogP contribution is 2.32. The number of hydrogen-bond donors (Lipinski definition) is 2. The molecule has 0 unspecified atom stereocenters. The Balaban J connectivity index is 2.21. The maximum atomic E-state index is 13.1. The third-order valence-corrected chi connectivity index (χ3v) is 3.67. The number of nitrogens with two attached hydrogens (primary N) is 1. The minimum absolute atomic E-state index is 0.149. The number of carbonyl (C=O) groups excluding carboxylic acids is 2. The van der Waals surface area contributed by atoms with Gasteiger partial charge in [0.1, 0.15) is 6.04 Å². The van der Waals surface area contributed by atoms with Crippen molar-refractivity contribution in [3.63, 3.8) is 0 Å². The predicted molar refractivity (Wildman–Crippen MR) is 86.8 cm³/mol. The van der Waals surface area contributed by atoms with Crippen LogP contribution in [0.25, 0.3) is 0 Å². The molecule has 0 bridgehead atoms. The number of halogens is 3. The summed E-state index contributed by atoms with van der Waals surface area (Å²) in [5.74, 6) is -1.63. The second-order valence-electron chi connectivity index (χ2n) is 5.48. The summed E-state index contributed by atoms with van der Waals surface area (Å²) in [5.41, 5.74) is 4.69. The molecular formula is C18H14F3N3O2. The Morgan fingerprint density at radius 3 is 2.27 bits per heavy atom. The molecule has 0 saturated carbocycles. The highest BCUT2D eigenvalue weighted by molar-refractivity contribution is 5.97. The SMILES string of the molecule is N#Cc1ccc(C(=O)N[C@@H](Cc2ccccc2C(F)(F)F)C(N)=O)cc1. The zero-order valence-electron chi connectivity index (χ0n) is 13.4. The van der Waals surface area contributed by atoms with Crippen LogP contribution in [-0.4, -0.2) is 17.9 Å². The van der Waals surface area contributed by atoms with Crippen LogP contribution >= 0.6 is 0 Å². The van der Waals surface area contributed by atoms with Gasteiger partial charge in [-0.3, -0.25) is 9.59 Å². The van der Waals surface area contributed by atoms with Crippen molar-refractivity contribution in [1.29, 1.82) is 5.26 Å². The van der Waals surface area contributed by atoms with Crippen molar-refractivity contribution in [2.45, 2.75) is 18.6 Å². The van der Waals surface area contributed by atoms with E-state index in [0.29, 0.717) is 5.56 Å². The van der Waals surface area contributed by atoms with Gasteiger partial charge < -0.3 is 11.1 Å². The molecule has 0 aliphatic carbocycles. The first-order valence-corrected chi connectivity index (χ1v) is 7.48. The number of primary amides is 1. The number of alkyl halides is 3. The maximum absolute atomic E-state index is 13.1. The average molecular weight is 361 g/mol. The summed E-state index contributed by atoms with van der Waals surface area (Å²) < 4.78 is 39.2. The smallest absolute Gasteiger partial charge is 0.368 e. The molecule has 2 amide bonds. The predicted octanol–water partition coefficient (Wildman–Crippen LogP) is 2.40. The van der Waals surface area contributed by atoms with Crippen molar-refractivity contribution in [2.75, 3.05) is 0 Å². The van der Waals surface area contributed by atoms with Gasteiger partial charge in [-0.25, -0.2) is 0 Å². The Hall–Kier alpha value is -3.34. The van der Waals surface area contributed by atoms with Gasteiger partial charge in [-0.2, -0.15) is 18.4 Å². The molecule has 2 aromatic rings. The molecule has 5 nitrogen and oxygen atoms in total. The van der Waals surface area contributed by atoms with E-state index in [9.17, 15) is 22.8 Å². The van der Waals surface area contributed by atoms with Crippen LogP contribution in [0.3, 0.4) is 0 Å². The highest BCUT2D eigenvalue weighted by Gasteiger charge is 2.34. The first-order valence-electron chi connectivity index (χ1n) is 7.48. The van der Waals surface area contributed by atoms with Gasteiger partial charge in [0.05, 0.1) is 17.2 Å². The summed E-state index contributed by atoms with van der Waals surface area (Å²) in [7, 11) is 0. The van der Waals surface area contributed by atoms with Crippen LogP contribution in [0.15, 0.2) is 48.5 Å². The Bertz CT molecular complexity index is 855. The fourth-order valence-corrected chi connectivity index (χ4v) is 2.36. The number of nitrogens with zero attached hydrogens (tertiary/aromatic N) is 1. The molecule has 1 atom stereocenters. The molecule has 0 aliphatic rings. The lowest BCUT2D eigenvalue weighted by Crippen LogP contribution is -2.46. The van der Waals surface area contributed by atoms with Crippen molar-refractivity contribution in [3.8, 4) is 6.07 Å². The number of benzene rings is 2. The van der Waals surface area contributed by atoms with Crippen molar-refractivity contribution in [2.24, 2.45) is 5.73 Å². The van der Waals surface area contributed by atoms with Gasteiger partial charge in [-0.05, 0) is 35.9 Å². The lowest BCUT2D eigenvalue weighted by Gasteiger charge is -2.18. The first kappa shape index (κ1) is 19.0. The lowest BCUT2D eigenvalue weighted by molar-refractivity contribution is -0.138. The van der Waals surface area contributed by atoms with Gasteiger partial charge in [0.15, 0.2) is 0 Å². The number of amides is 2. The monoisotopic (exact) mass is 361 g/mol. The minimum atomic E-state index is -4.59. The first-order chi connectivity index (χ1) is 12.2. The van der Waals surface area contributed by atoms with Crippen LogP contribution in [0.2, 0.25) is 0 Å². The number of rotatable bonds is 5. The molecule has 0 radical (unpaired) electrons. The van der Waals surface area contributed by atoms with E-state index in [0.717, 1.165) is 6.07 Å². The molecule has 0 spiro atoms. The fourth-order valence-electron chi connectivity index (χ4n) is 2.36. The van der Waals surface area contributed by atoms with Gasteiger partial charge >= 0.3 is 6.18 Å². The van der Waals surface area contributed by atoms with E-state index in [2.05, 4.69) is 5.32 Å².